The van der Waals surface area contributed by atoms with Crippen LogP contribution in [-0.2, 0) is 19.0 Å². The normalized spacial score (nSPS) is 29.6. The molecule has 8 nitrogen and oxygen atoms in total. The maximum Gasteiger partial charge on any atom is 0.471 e. The lowest BCUT2D eigenvalue weighted by atomic mass is 9.95. The number of benzene rings is 2. The quantitative estimate of drug-likeness (QED) is 0.694. The fourth-order valence-electron chi connectivity index (χ4n) is 3.65. The maximum absolute atomic E-state index is 12.9. The first-order chi connectivity index (χ1) is 15.8. The van der Waals surface area contributed by atoms with Crippen LogP contribution in [0.15, 0.2) is 54.6 Å². The van der Waals surface area contributed by atoms with Gasteiger partial charge in [0, 0.05) is 5.56 Å². The number of ether oxygens (including phenoxy) is 5. The molecule has 4 rings (SSSR count). The number of hydrogen-bond donors (Lipinski definition) is 2. The van der Waals surface area contributed by atoms with Gasteiger partial charge in [0.2, 0.25) is 6.29 Å². The molecular weight excluding hydrogens is 447 g/mol. The smallest absolute Gasteiger partial charge is 0.471 e. The first-order valence-electron chi connectivity index (χ1n) is 10.1. The summed E-state index contributed by atoms with van der Waals surface area (Å²) >= 11 is 0. The highest BCUT2D eigenvalue weighted by molar-refractivity contribution is 5.82. The molecule has 1 amide bonds. The zero-order valence-corrected chi connectivity index (χ0v) is 17.4. The van der Waals surface area contributed by atoms with Crippen LogP contribution in [0, 0.1) is 0 Å². The molecule has 2 aliphatic heterocycles. The Balaban J connectivity index is 1.55. The third-order valence-corrected chi connectivity index (χ3v) is 5.30. The minimum Gasteiger partial charge on any atom is -0.497 e. The summed E-state index contributed by atoms with van der Waals surface area (Å²) in [6.45, 7) is -0.0102. The topological polar surface area (TPSA) is 95.5 Å². The highest BCUT2D eigenvalue weighted by atomic mass is 19.4. The molecule has 33 heavy (non-hydrogen) atoms. The van der Waals surface area contributed by atoms with Crippen LogP contribution in [0.4, 0.5) is 13.2 Å². The Hall–Kier alpha value is -2.86. The zero-order valence-electron chi connectivity index (χ0n) is 17.4. The van der Waals surface area contributed by atoms with Crippen LogP contribution < -0.4 is 14.8 Å². The summed E-state index contributed by atoms with van der Waals surface area (Å²) in [4.78, 5) is 11.7. The van der Waals surface area contributed by atoms with Gasteiger partial charge in [-0.1, -0.05) is 30.3 Å². The fraction of sp³-hybridized carbons (Fsp3) is 0.409. The summed E-state index contributed by atoms with van der Waals surface area (Å²) in [5.74, 6) is -1.46. The molecule has 2 saturated heterocycles. The summed E-state index contributed by atoms with van der Waals surface area (Å²) in [6.07, 6.45) is -11.0. The lowest BCUT2D eigenvalue weighted by Gasteiger charge is -2.47. The second kappa shape index (κ2) is 9.56. The van der Waals surface area contributed by atoms with Gasteiger partial charge in [-0.2, -0.15) is 13.2 Å². The van der Waals surface area contributed by atoms with Crippen molar-refractivity contribution in [3.63, 3.8) is 0 Å². The number of halogens is 3. The molecule has 2 aromatic rings. The molecule has 6 atom stereocenters. The van der Waals surface area contributed by atoms with E-state index in [2.05, 4.69) is 0 Å². The van der Waals surface area contributed by atoms with Crippen LogP contribution in [0.5, 0.6) is 11.5 Å². The van der Waals surface area contributed by atoms with E-state index >= 15 is 0 Å². The van der Waals surface area contributed by atoms with Crippen molar-refractivity contribution < 1.29 is 46.8 Å². The largest absolute Gasteiger partial charge is 0.497 e. The number of alkyl halides is 3. The van der Waals surface area contributed by atoms with Crippen molar-refractivity contribution in [3.8, 4) is 11.5 Å². The summed E-state index contributed by atoms with van der Waals surface area (Å²) in [7, 11) is 1.48. The monoisotopic (exact) mass is 469 g/mol. The SMILES string of the molecule is COc1ccc(O[C@@H]2O[C@@H]3COC(c4ccccc4)O[C@@H]3[C@H](O)[C@H]2NC(=O)C(F)(F)F)cc1. The van der Waals surface area contributed by atoms with E-state index in [9.17, 15) is 23.1 Å². The third-order valence-electron chi connectivity index (χ3n) is 5.30. The molecule has 2 aliphatic rings. The highest BCUT2D eigenvalue weighted by Crippen LogP contribution is 2.35. The molecule has 0 aromatic heterocycles. The molecule has 2 fully saturated rings. The third kappa shape index (κ3) is 5.22. The number of hydrogen-bond acceptors (Lipinski definition) is 7. The Morgan fingerprint density at radius 1 is 1.06 bits per heavy atom. The average Bonchev–Trinajstić information content (AvgIpc) is 2.81. The van der Waals surface area contributed by atoms with E-state index < -0.39 is 49.0 Å². The van der Waals surface area contributed by atoms with Gasteiger partial charge < -0.3 is 34.1 Å². The molecular formula is C22H22F3NO7. The Kier molecular flexibility index (Phi) is 6.75. The molecule has 1 unspecified atom stereocenters. The first-order valence-corrected chi connectivity index (χ1v) is 10.1. The van der Waals surface area contributed by atoms with Crippen molar-refractivity contribution in [2.75, 3.05) is 13.7 Å². The molecule has 0 radical (unpaired) electrons. The number of aliphatic hydroxyl groups excluding tert-OH is 1. The summed E-state index contributed by atoms with van der Waals surface area (Å²) in [5.41, 5.74) is 0.663. The minimum absolute atomic E-state index is 0.0102. The van der Waals surface area contributed by atoms with Gasteiger partial charge in [0.25, 0.3) is 0 Å². The highest BCUT2D eigenvalue weighted by Gasteiger charge is 2.53. The molecule has 0 saturated carbocycles. The fourth-order valence-corrected chi connectivity index (χ4v) is 3.65. The van der Waals surface area contributed by atoms with Crippen molar-refractivity contribution in [3.05, 3.63) is 60.2 Å². The number of carbonyl (C=O) groups is 1. The van der Waals surface area contributed by atoms with Gasteiger partial charge in [-0.05, 0) is 24.3 Å². The number of amides is 1. The van der Waals surface area contributed by atoms with Gasteiger partial charge in [0.1, 0.15) is 35.9 Å². The van der Waals surface area contributed by atoms with Gasteiger partial charge in [0.05, 0.1) is 13.7 Å². The van der Waals surface area contributed by atoms with E-state index in [1.807, 2.05) is 0 Å². The van der Waals surface area contributed by atoms with Crippen LogP contribution in [0.1, 0.15) is 11.9 Å². The molecule has 11 heteroatoms. The Morgan fingerprint density at radius 3 is 2.36 bits per heavy atom. The van der Waals surface area contributed by atoms with Crippen molar-refractivity contribution in [2.45, 2.75) is 43.1 Å². The second-order valence-corrected chi connectivity index (χ2v) is 7.50. The van der Waals surface area contributed by atoms with Crippen LogP contribution >= 0.6 is 0 Å². The van der Waals surface area contributed by atoms with Crippen LogP contribution in [0.2, 0.25) is 0 Å². The number of carbonyl (C=O) groups excluding carboxylic acids is 1. The zero-order chi connectivity index (χ0) is 23.6. The number of nitrogens with one attached hydrogen (secondary N) is 1. The molecule has 2 heterocycles. The van der Waals surface area contributed by atoms with Gasteiger partial charge in [-0.15, -0.1) is 0 Å². The van der Waals surface area contributed by atoms with Crippen LogP contribution in [-0.4, -0.2) is 61.6 Å². The summed E-state index contributed by atoms with van der Waals surface area (Å²) in [6, 6.07) is 13.5. The molecule has 0 bridgehead atoms. The number of aliphatic hydroxyl groups is 1. The first kappa shape index (κ1) is 23.3. The minimum atomic E-state index is -5.16. The standard InChI is InChI=1S/C22H22F3NO7/c1-29-13-7-9-14(10-8-13)31-20-16(26-21(28)22(23,24)25)17(27)18-15(32-20)11-30-19(33-18)12-5-3-2-4-6-12/h2-10,15-20,27H,11H2,1H3,(H,26,28)/t15-,16-,17-,18+,19?,20-/m1/s1. The summed E-state index contributed by atoms with van der Waals surface area (Å²) < 4.78 is 66.9. The lowest BCUT2D eigenvalue weighted by Crippen LogP contribution is -2.68. The van der Waals surface area contributed by atoms with E-state index in [-0.39, 0.29) is 12.4 Å². The molecule has 2 N–H and O–H groups in total. The molecule has 178 valence electrons. The number of fused-ring (bicyclic) bond motifs is 1. The van der Waals surface area contributed by atoms with Gasteiger partial charge in [0.15, 0.2) is 6.29 Å². The van der Waals surface area contributed by atoms with Gasteiger partial charge >= 0.3 is 12.1 Å². The van der Waals surface area contributed by atoms with E-state index in [1.54, 1.807) is 47.8 Å². The Bertz CT molecular complexity index is 941. The summed E-state index contributed by atoms with van der Waals surface area (Å²) in [5, 5.41) is 12.7. The molecule has 0 spiro atoms. The van der Waals surface area contributed by atoms with E-state index in [1.165, 1.54) is 19.2 Å². The van der Waals surface area contributed by atoms with Crippen molar-refractivity contribution in [1.82, 2.24) is 5.32 Å². The molecule has 2 aromatic carbocycles. The Labute approximate surface area is 187 Å². The van der Waals surface area contributed by atoms with Crippen LogP contribution in [0.25, 0.3) is 0 Å². The van der Waals surface area contributed by atoms with Crippen molar-refractivity contribution in [1.29, 1.82) is 0 Å². The van der Waals surface area contributed by atoms with E-state index in [0.29, 0.717) is 11.3 Å². The number of rotatable bonds is 5. The Morgan fingerprint density at radius 2 is 1.73 bits per heavy atom. The van der Waals surface area contributed by atoms with Crippen molar-refractivity contribution >= 4 is 5.91 Å². The predicted molar refractivity (Wildman–Crippen MR) is 106 cm³/mol. The lowest BCUT2D eigenvalue weighted by molar-refractivity contribution is -0.334. The van der Waals surface area contributed by atoms with Gasteiger partial charge in [-0.3, -0.25) is 4.79 Å². The van der Waals surface area contributed by atoms with Crippen molar-refractivity contribution in [2.24, 2.45) is 0 Å². The molecule has 0 aliphatic carbocycles. The van der Waals surface area contributed by atoms with Gasteiger partial charge in [-0.25, -0.2) is 0 Å². The van der Waals surface area contributed by atoms with Crippen LogP contribution in [0.3, 0.4) is 0 Å². The number of methoxy groups -OCH3 is 1. The second-order valence-electron chi connectivity index (χ2n) is 7.50. The van der Waals surface area contributed by atoms with E-state index in [4.69, 9.17) is 23.7 Å². The predicted octanol–water partition coefficient (Wildman–Crippen LogP) is 2.32. The van der Waals surface area contributed by atoms with E-state index in [0.717, 1.165) is 0 Å². The maximum atomic E-state index is 12.9. The average molecular weight is 469 g/mol.